The fourth-order valence-electron chi connectivity index (χ4n) is 4.22. The van der Waals surface area contributed by atoms with Crippen molar-refractivity contribution < 1.29 is 9.53 Å². The number of nitrogens with zero attached hydrogens (tertiary/aromatic N) is 3. The number of aromatic nitrogens is 2. The minimum absolute atomic E-state index is 0.00680. The summed E-state index contributed by atoms with van der Waals surface area (Å²) in [5.74, 6) is 0.0288. The van der Waals surface area contributed by atoms with Gasteiger partial charge in [0.15, 0.2) is 0 Å². The summed E-state index contributed by atoms with van der Waals surface area (Å²) in [5.41, 5.74) is 2.12. The first-order valence-corrected chi connectivity index (χ1v) is 10.9. The molecule has 2 aliphatic rings. The summed E-state index contributed by atoms with van der Waals surface area (Å²) in [6.07, 6.45) is 8.50. The van der Waals surface area contributed by atoms with Crippen LogP contribution in [0.4, 0.5) is 0 Å². The number of aryl methyl sites for hydroxylation is 1. The van der Waals surface area contributed by atoms with Gasteiger partial charge in [-0.2, -0.15) is 0 Å². The number of amides is 1. The van der Waals surface area contributed by atoms with Gasteiger partial charge < -0.3 is 10.1 Å². The van der Waals surface area contributed by atoms with Gasteiger partial charge in [0.25, 0.3) is 0 Å². The lowest BCUT2D eigenvalue weighted by molar-refractivity contribution is -0.122. The van der Waals surface area contributed by atoms with E-state index in [0.717, 1.165) is 56.0 Å². The number of likely N-dealkylation sites (tertiary alicyclic amines) is 1. The molecule has 0 saturated carbocycles. The molecule has 1 spiro atoms. The van der Waals surface area contributed by atoms with Gasteiger partial charge in [-0.3, -0.25) is 14.7 Å². The Kier molecular flexibility index (Phi) is 6.04. The molecule has 0 aliphatic carbocycles. The van der Waals surface area contributed by atoms with Crippen LogP contribution < -0.4 is 5.32 Å². The number of rotatable bonds is 6. The second-order valence-electron chi connectivity index (χ2n) is 7.94. The summed E-state index contributed by atoms with van der Waals surface area (Å²) in [6, 6.07) is 4.13. The van der Waals surface area contributed by atoms with Gasteiger partial charge in [-0.15, -0.1) is 11.3 Å². The maximum atomic E-state index is 12.1. The smallest absolute Gasteiger partial charge is 0.226 e. The van der Waals surface area contributed by atoms with Crippen molar-refractivity contribution in [3.05, 3.63) is 46.2 Å². The molecule has 0 radical (unpaired) electrons. The Hall–Kier alpha value is -1.83. The quantitative estimate of drug-likeness (QED) is 0.808. The van der Waals surface area contributed by atoms with Crippen molar-refractivity contribution in [2.24, 2.45) is 0 Å². The lowest BCUT2D eigenvalue weighted by Crippen LogP contribution is -2.45. The van der Waals surface area contributed by atoms with Crippen molar-refractivity contribution >= 4 is 17.2 Å². The van der Waals surface area contributed by atoms with Crippen LogP contribution in [-0.2, 0) is 22.5 Å². The van der Waals surface area contributed by atoms with Crippen LogP contribution in [0.25, 0.3) is 0 Å². The van der Waals surface area contributed by atoms with Gasteiger partial charge in [0.2, 0.25) is 5.91 Å². The molecule has 2 aromatic rings. The molecule has 2 aromatic heterocycles. The Morgan fingerprint density at radius 1 is 1.39 bits per heavy atom. The van der Waals surface area contributed by atoms with E-state index in [9.17, 15) is 4.79 Å². The summed E-state index contributed by atoms with van der Waals surface area (Å²) >= 11 is 1.58. The van der Waals surface area contributed by atoms with Crippen LogP contribution in [0.5, 0.6) is 0 Å². The molecular weight excluding hydrogens is 372 g/mol. The molecule has 2 fully saturated rings. The SMILES string of the molecule is Cc1nc(CC(=O)NC[C@@H]2CCC3(CCN(Cc4cccnc4)CC3)O2)cs1. The number of thiazole rings is 1. The van der Waals surface area contributed by atoms with E-state index in [1.54, 1.807) is 11.3 Å². The van der Waals surface area contributed by atoms with E-state index in [1.807, 2.05) is 30.8 Å². The zero-order valence-electron chi connectivity index (χ0n) is 16.4. The Morgan fingerprint density at radius 3 is 2.96 bits per heavy atom. The van der Waals surface area contributed by atoms with Crippen molar-refractivity contribution in [2.75, 3.05) is 19.6 Å². The average Bonchev–Trinajstić information content (AvgIpc) is 3.29. The molecule has 1 N–H and O–H groups in total. The topological polar surface area (TPSA) is 67.4 Å². The molecule has 2 aliphatic heterocycles. The fraction of sp³-hybridized carbons (Fsp3) is 0.571. The molecule has 0 bridgehead atoms. The monoisotopic (exact) mass is 400 g/mol. The highest BCUT2D eigenvalue weighted by Crippen LogP contribution is 2.38. The Labute approximate surface area is 170 Å². The van der Waals surface area contributed by atoms with Gasteiger partial charge in [0.05, 0.1) is 28.8 Å². The van der Waals surface area contributed by atoms with E-state index in [4.69, 9.17) is 4.74 Å². The first-order valence-electron chi connectivity index (χ1n) is 10.1. The largest absolute Gasteiger partial charge is 0.370 e. The van der Waals surface area contributed by atoms with Crippen molar-refractivity contribution in [1.29, 1.82) is 0 Å². The molecule has 4 rings (SSSR count). The standard InChI is InChI=1S/C21H28N4O2S/c1-16-24-18(15-28-16)11-20(26)23-13-19-4-5-21(27-19)6-9-25(10-7-21)14-17-3-2-8-22-12-17/h2-3,8,12,15,19H,4-7,9-11,13-14H2,1H3,(H,23,26)/t19-/m0/s1. The maximum Gasteiger partial charge on any atom is 0.226 e. The number of ether oxygens (including phenoxy) is 1. The molecule has 150 valence electrons. The molecule has 0 aromatic carbocycles. The van der Waals surface area contributed by atoms with E-state index >= 15 is 0 Å². The summed E-state index contributed by atoms with van der Waals surface area (Å²) in [5, 5.41) is 5.98. The Balaban J connectivity index is 1.19. The van der Waals surface area contributed by atoms with Crippen LogP contribution in [0, 0.1) is 6.92 Å². The van der Waals surface area contributed by atoms with Crippen LogP contribution in [0.1, 0.15) is 41.9 Å². The second kappa shape index (κ2) is 8.68. The molecule has 2 saturated heterocycles. The van der Waals surface area contributed by atoms with E-state index in [0.29, 0.717) is 13.0 Å². The second-order valence-corrected chi connectivity index (χ2v) is 9.00. The third-order valence-electron chi connectivity index (χ3n) is 5.77. The normalized spacial score (nSPS) is 21.8. The van der Waals surface area contributed by atoms with Crippen molar-refractivity contribution in [3.8, 4) is 0 Å². The van der Waals surface area contributed by atoms with Crippen LogP contribution in [-0.4, -0.2) is 52.1 Å². The average molecular weight is 401 g/mol. The summed E-state index contributed by atoms with van der Waals surface area (Å²) in [7, 11) is 0. The lowest BCUT2D eigenvalue weighted by atomic mass is 9.88. The summed E-state index contributed by atoms with van der Waals surface area (Å²) in [4.78, 5) is 23.2. The highest BCUT2D eigenvalue weighted by molar-refractivity contribution is 7.09. The summed E-state index contributed by atoms with van der Waals surface area (Å²) < 4.78 is 6.43. The third kappa shape index (κ3) is 4.96. The molecule has 0 unspecified atom stereocenters. The fourth-order valence-corrected chi connectivity index (χ4v) is 4.83. The minimum atomic E-state index is 0.00680. The maximum absolute atomic E-state index is 12.1. The van der Waals surface area contributed by atoms with E-state index in [1.165, 1.54) is 5.56 Å². The molecule has 1 atom stereocenters. The van der Waals surface area contributed by atoms with Crippen LogP contribution >= 0.6 is 11.3 Å². The van der Waals surface area contributed by atoms with Crippen LogP contribution in [0.3, 0.4) is 0 Å². The van der Waals surface area contributed by atoms with Gasteiger partial charge in [-0.25, -0.2) is 4.98 Å². The number of hydrogen-bond donors (Lipinski definition) is 1. The minimum Gasteiger partial charge on any atom is -0.370 e. The van der Waals surface area contributed by atoms with Gasteiger partial charge in [-0.1, -0.05) is 6.07 Å². The van der Waals surface area contributed by atoms with Crippen LogP contribution in [0.2, 0.25) is 0 Å². The van der Waals surface area contributed by atoms with Gasteiger partial charge in [-0.05, 0) is 44.2 Å². The van der Waals surface area contributed by atoms with Gasteiger partial charge in [0, 0.05) is 44.0 Å². The molecule has 7 heteroatoms. The van der Waals surface area contributed by atoms with Crippen molar-refractivity contribution in [1.82, 2.24) is 20.2 Å². The zero-order chi connectivity index (χ0) is 19.4. The number of nitrogens with one attached hydrogen (secondary N) is 1. The lowest BCUT2D eigenvalue weighted by Gasteiger charge is -2.39. The Morgan fingerprint density at radius 2 is 2.25 bits per heavy atom. The first-order chi connectivity index (χ1) is 13.6. The molecule has 6 nitrogen and oxygen atoms in total. The molecule has 4 heterocycles. The van der Waals surface area contributed by atoms with Gasteiger partial charge >= 0.3 is 0 Å². The molecular formula is C21H28N4O2S. The van der Waals surface area contributed by atoms with Gasteiger partial charge in [0.1, 0.15) is 0 Å². The summed E-state index contributed by atoms with van der Waals surface area (Å²) in [6.45, 7) is 5.62. The van der Waals surface area contributed by atoms with E-state index in [2.05, 4.69) is 26.3 Å². The predicted molar refractivity (Wildman–Crippen MR) is 109 cm³/mol. The number of carbonyl (C=O) groups excluding carboxylic acids is 1. The van der Waals surface area contributed by atoms with Crippen molar-refractivity contribution in [2.45, 2.75) is 57.3 Å². The predicted octanol–water partition coefficient (Wildman–Crippen LogP) is 2.72. The number of carbonyl (C=O) groups is 1. The van der Waals surface area contributed by atoms with Crippen molar-refractivity contribution in [3.63, 3.8) is 0 Å². The zero-order valence-corrected chi connectivity index (χ0v) is 17.2. The highest BCUT2D eigenvalue weighted by atomic mass is 32.1. The Bertz CT molecular complexity index is 787. The highest BCUT2D eigenvalue weighted by Gasteiger charge is 2.42. The van der Waals surface area contributed by atoms with E-state index in [-0.39, 0.29) is 17.6 Å². The number of pyridine rings is 1. The number of piperidine rings is 1. The molecule has 1 amide bonds. The van der Waals surface area contributed by atoms with E-state index < -0.39 is 0 Å². The third-order valence-corrected chi connectivity index (χ3v) is 6.59. The molecule has 28 heavy (non-hydrogen) atoms. The van der Waals surface area contributed by atoms with Crippen LogP contribution in [0.15, 0.2) is 29.9 Å². The number of hydrogen-bond acceptors (Lipinski definition) is 6. The first kappa shape index (κ1) is 19.5.